The van der Waals surface area contributed by atoms with Gasteiger partial charge in [-0.3, -0.25) is 20.4 Å². The standard InChI is InChI=1S/C22H16F3N3O3/c23-22(24,25)16-8-4-7-15(9-16)19-10-17-20(31-19)11-18(21(30)27-26-13-29)28(17)12-14-5-2-1-3-6-14/h1-11,13H,12H2,(H,26,29)(H,27,30). The molecular formula is C22H16F3N3O3. The van der Waals surface area contributed by atoms with Gasteiger partial charge in [0.25, 0.3) is 5.91 Å². The number of nitrogens with zero attached hydrogens (tertiary/aromatic N) is 1. The van der Waals surface area contributed by atoms with E-state index < -0.39 is 17.6 Å². The lowest BCUT2D eigenvalue weighted by Gasteiger charge is -2.10. The van der Waals surface area contributed by atoms with Crippen LogP contribution in [0.2, 0.25) is 0 Å². The summed E-state index contributed by atoms with van der Waals surface area (Å²) < 4.78 is 46.7. The number of hydrazine groups is 1. The maximum absolute atomic E-state index is 13.1. The molecule has 4 aromatic rings. The molecule has 0 fully saturated rings. The average Bonchev–Trinajstić information content (AvgIpc) is 3.32. The van der Waals surface area contributed by atoms with Gasteiger partial charge in [-0.1, -0.05) is 42.5 Å². The number of nitrogens with one attached hydrogen (secondary N) is 2. The van der Waals surface area contributed by atoms with Crippen LogP contribution in [0.5, 0.6) is 0 Å². The molecule has 2 aromatic heterocycles. The number of benzene rings is 2. The highest BCUT2D eigenvalue weighted by Gasteiger charge is 2.31. The molecule has 0 aliphatic carbocycles. The molecule has 9 heteroatoms. The topological polar surface area (TPSA) is 76.3 Å². The highest BCUT2D eigenvalue weighted by Crippen LogP contribution is 2.35. The lowest BCUT2D eigenvalue weighted by atomic mass is 10.1. The number of alkyl halides is 3. The summed E-state index contributed by atoms with van der Waals surface area (Å²) in [5.41, 5.74) is 5.84. The van der Waals surface area contributed by atoms with Gasteiger partial charge < -0.3 is 8.98 Å². The lowest BCUT2D eigenvalue weighted by Crippen LogP contribution is -2.37. The van der Waals surface area contributed by atoms with Crippen LogP contribution in [0.15, 0.2) is 71.1 Å². The fraction of sp³-hybridized carbons (Fsp3) is 0.0909. The minimum absolute atomic E-state index is 0.225. The van der Waals surface area contributed by atoms with Crippen LogP contribution >= 0.6 is 0 Å². The largest absolute Gasteiger partial charge is 0.454 e. The number of hydrogen-bond acceptors (Lipinski definition) is 3. The molecule has 0 bridgehead atoms. The summed E-state index contributed by atoms with van der Waals surface area (Å²) in [5.74, 6) is -0.314. The van der Waals surface area contributed by atoms with E-state index in [0.717, 1.165) is 17.7 Å². The summed E-state index contributed by atoms with van der Waals surface area (Å²) in [6.07, 6.45) is -4.14. The zero-order chi connectivity index (χ0) is 22.0. The van der Waals surface area contributed by atoms with Gasteiger partial charge in [-0.15, -0.1) is 0 Å². The summed E-state index contributed by atoms with van der Waals surface area (Å²) in [4.78, 5) is 23.0. The van der Waals surface area contributed by atoms with Crippen molar-refractivity contribution in [3.8, 4) is 11.3 Å². The molecular weight excluding hydrogens is 411 g/mol. The molecule has 2 aromatic carbocycles. The Morgan fingerprint density at radius 2 is 1.81 bits per heavy atom. The van der Waals surface area contributed by atoms with Crippen molar-refractivity contribution >= 4 is 23.4 Å². The summed E-state index contributed by atoms with van der Waals surface area (Å²) in [6, 6.07) is 17.2. The Hall–Kier alpha value is -4.01. The van der Waals surface area contributed by atoms with Crippen molar-refractivity contribution in [3.63, 3.8) is 0 Å². The molecule has 2 heterocycles. The van der Waals surface area contributed by atoms with E-state index in [1.54, 1.807) is 10.6 Å². The van der Waals surface area contributed by atoms with E-state index >= 15 is 0 Å². The number of carbonyl (C=O) groups is 2. The number of halogens is 3. The van der Waals surface area contributed by atoms with Crippen LogP contribution in [0.4, 0.5) is 13.2 Å². The van der Waals surface area contributed by atoms with Crippen molar-refractivity contribution in [2.24, 2.45) is 0 Å². The highest BCUT2D eigenvalue weighted by molar-refractivity contribution is 5.98. The Balaban J connectivity index is 1.79. The first-order valence-corrected chi connectivity index (χ1v) is 9.21. The minimum atomic E-state index is -4.47. The third-order valence-electron chi connectivity index (χ3n) is 4.72. The van der Waals surface area contributed by atoms with Crippen LogP contribution < -0.4 is 10.9 Å². The van der Waals surface area contributed by atoms with Gasteiger partial charge >= 0.3 is 6.18 Å². The van der Waals surface area contributed by atoms with Crippen molar-refractivity contribution in [1.82, 2.24) is 15.4 Å². The molecule has 4 rings (SSSR count). The Labute approximate surface area is 174 Å². The fourth-order valence-corrected chi connectivity index (χ4v) is 3.32. The first-order chi connectivity index (χ1) is 14.9. The molecule has 0 atom stereocenters. The quantitative estimate of drug-likeness (QED) is 0.355. The maximum atomic E-state index is 13.1. The third-order valence-corrected chi connectivity index (χ3v) is 4.72. The molecule has 0 spiro atoms. The molecule has 0 aliphatic heterocycles. The second-order valence-electron chi connectivity index (χ2n) is 6.76. The fourth-order valence-electron chi connectivity index (χ4n) is 3.32. The first kappa shape index (κ1) is 20.3. The summed E-state index contributed by atoms with van der Waals surface area (Å²) in [5, 5.41) is 0. The third kappa shape index (κ3) is 4.16. The first-order valence-electron chi connectivity index (χ1n) is 9.21. The van der Waals surface area contributed by atoms with Gasteiger partial charge in [-0.2, -0.15) is 13.2 Å². The van der Waals surface area contributed by atoms with Crippen LogP contribution in [-0.4, -0.2) is 16.9 Å². The molecule has 158 valence electrons. The molecule has 31 heavy (non-hydrogen) atoms. The van der Waals surface area contributed by atoms with E-state index in [1.807, 2.05) is 30.3 Å². The molecule has 2 amide bonds. The van der Waals surface area contributed by atoms with Crippen LogP contribution in [-0.2, 0) is 17.5 Å². The summed E-state index contributed by atoms with van der Waals surface area (Å²) >= 11 is 0. The van der Waals surface area contributed by atoms with Crippen molar-refractivity contribution in [3.05, 3.63) is 83.6 Å². The molecule has 2 N–H and O–H groups in total. The van der Waals surface area contributed by atoms with Crippen molar-refractivity contribution in [1.29, 1.82) is 0 Å². The smallest absolute Gasteiger partial charge is 0.416 e. The summed E-state index contributed by atoms with van der Waals surface area (Å²) in [7, 11) is 0. The minimum Gasteiger partial charge on any atom is -0.454 e. The van der Waals surface area contributed by atoms with Gasteiger partial charge in [0, 0.05) is 24.2 Å². The number of fused-ring (bicyclic) bond motifs is 1. The van der Waals surface area contributed by atoms with Crippen molar-refractivity contribution < 1.29 is 27.2 Å². The maximum Gasteiger partial charge on any atom is 0.416 e. The van der Waals surface area contributed by atoms with E-state index in [2.05, 4.69) is 10.9 Å². The van der Waals surface area contributed by atoms with Crippen LogP contribution in [0.1, 0.15) is 21.6 Å². The predicted molar refractivity (Wildman–Crippen MR) is 107 cm³/mol. The van der Waals surface area contributed by atoms with E-state index in [1.165, 1.54) is 18.2 Å². The monoisotopic (exact) mass is 427 g/mol. The number of furan rings is 1. The van der Waals surface area contributed by atoms with Gasteiger partial charge in [0.15, 0.2) is 5.58 Å². The SMILES string of the molecule is O=CNNC(=O)c1cc2oc(-c3cccc(C(F)(F)F)c3)cc2n1Cc1ccccc1. The Morgan fingerprint density at radius 3 is 2.52 bits per heavy atom. The molecule has 0 radical (unpaired) electrons. The van der Waals surface area contributed by atoms with Gasteiger partial charge in [0.2, 0.25) is 6.41 Å². The van der Waals surface area contributed by atoms with Gasteiger partial charge in [0.1, 0.15) is 11.5 Å². The number of carbonyl (C=O) groups excluding carboxylic acids is 2. The zero-order valence-corrected chi connectivity index (χ0v) is 15.9. The van der Waals surface area contributed by atoms with E-state index in [0.29, 0.717) is 24.1 Å². The van der Waals surface area contributed by atoms with Crippen LogP contribution in [0, 0.1) is 0 Å². The van der Waals surface area contributed by atoms with E-state index in [-0.39, 0.29) is 17.0 Å². The van der Waals surface area contributed by atoms with Crippen LogP contribution in [0.3, 0.4) is 0 Å². The molecule has 0 saturated carbocycles. The lowest BCUT2D eigenvalue weighted by molar-refractivity contribution is -0.137. The molecule has 0 aliphatic rings. The molecule has 0 unspecified atom stereocenters. The Morgan fingerprint density at radius 1 is 1.03 bits per heavy atom. The number of hydrogen-bond donors (Lipinski definition) is 2. The number of aromatic nitrogens is 1. The Bertz CT molecular complexity index is 1240. The Kier molecular flexibility index (Phi) is 5.24. The van der Waals surface area contributed by atoms with Gasteiger partial charge in [0.05, 0.1) is 11.1 Å². The van der Waals surface area contributed by atoms with Crippen molar-refractivity contribution in [2.75, 3.05) is 0 Å². The van der Waals surface area contributed by atoms with Gasteiger partial charge in [-0.05, 0) is 17.7 Å². The second kappa shape index (κ2) is 8.02. The highest BCUT2D eigenvalue weighted by atomic mass is 19.4. The van der Waals surface area contributed by atoms with Crippen LogP contribution in [0.25, 0.3) is 22.4 Å². The molecule has 0 saturated heterocycles. The summed E-state index contributed by atoms with van der Waals surface area (Å²) in [6.45, 7) is 0.315. The average molecular weight is 427 g/mol. The molecule has 6 nitrogen and oxygen atoms in total. The zero-order valence-electron chi connectivity index (χ0n) is 15.9. The number of amides is 2. The normalized spacial score (nSPS) is 11.5. The predicted octanol–water partition coefficient (Wildman–Crippen LogP) is 4.36. The van der Waals surface area contributed by atoms with E-state index in [4.69, 9.17) is 4.42 Å². The van der Waals surface area contributed by atoms with Crippen molar-refractivity contribution in [2.45, 2.75) is 12.7 Å². The van der Waals surface area contributed by atoms with Gasteiger partial charge in [-0.25, -0.2) is 0 Å². The van der Waals surface area contributed by atoms with E-state index in [9.17, 15) is 22.8 Å². The number of rotatable bonds is 6. The second-order valence-corrected chi connectivity index (χ2v) is 6.76.